The van der Waals surface area contributed by atoms with E-state index in [2.05, 4.69) is 15.8 Å². The molecular weight excluding hydrogens is 399 g/mol. The zero-order valence-corrected chi connectivity index (χ0v) is 17.7. The number of pyridine rings is 1. The summed E-state index contributed by atoms with van der Waals surface area (Å²) in [7, 11) is -3.16. The summed E-state index contributed by atoms with van der Waals surface area (Å²) in [5, 5.41) is 0. The van der Waals surface area contributed by atoms with Gasteiger partial charge in [0.05, 0.1) is 11.4 Å². The van der Waals surface area contributed by atoms with Crippen LogP contribution in [0.2, 0.25) is 0 Å². The van der Waals surface area contributed by atoms with Crippen LogP contribution in [0.1, 0.15) is 37.8 Å². The molecule has 2 saturated carbocycles. The van der Waals surface area contributed by atoms with Gasteiger partial charge in [-0.05, 0) is 66.4 Å². The van der Waals surface area contributed by atoms with Crippen LogP contribution in [0.4, 0.5) is 4.39 Å². The van der Waals surface area contributed by atoms with Crippen LogP contribution in [-0.2, 0) is 10.0 Å². The Hall–Kier alpha value is -2.05. The standard InChI is InChI=1S/C24H27FN2O2S/c25-19-6-3-5-16(12-19)18-8-9-20(26-14-18)10-11-22-21-7-2-1-4-17(21)13-24-23(22)15-30(28,29)27-24/h3,5-6,8-12,14,17,21-24,27H,1-2,4,7,13,15H2/b11-10+/t17-,21?,22-,23-,24+/m0/s1. The molecule has 0 amide bonds. The molecule has 158 valence electrons. The van der Waals surface area contributed by atoms with Crippen molar-refractivity contribution in [2.75, 3.05) is 5.75 Å². The van der Waals surface area contributed by atoms with Crippen molar-refractivity contribution >= 4 is 16.1 Å². The van der Waals surface area contributed by atoms with Gasteiger partial charge >= 0.3 is 0 Å². The highest BCUT2D eigenvalue weighted by molar-refractivity contribution is 7.89. The number of nitrogens with zero attached hydrogens (tertiary/aromatic N) is 1. The average molecular weight is 427 g/mol. The van der Waals surface area contributed by atoms with Gasteiger partial charge in [-0.15, -0.1) is 0 Å². The predicted molar refractivity (Wildman–Crippen MR) is 116 cm³/mol. The number of rotatable bonds is 3. The number of sulfonamides is 1. The van der Waals surface area contributed by atoms with E-state index in [-0.39, 0.29) is 29.4 Å². The van der Waals surface area contributed by atoms with Crippen molar-refractivity contribution in [1.29, 1.82) is 0 Å². The largest absolute Gasteiger partial charge is 0.256 e. The van der Waals surface area contributed by atoms with Gasteiger partial charge in [0.25, 0.3) is 0 Å². The van der Waals surface area contributed by atoms with Crippen LogP contribution in [0.5, 0.6) is 0 Å². The molecule has 30 heavy (non-hydrogen) atoms. The Morgan fingerprint density at radius 3 is 2.73 bits per heavy atom. The molecule has 2 aromatic rings. The number of aromatic nitrogens is 1. The summed E-state index contributed by atoms with van der Waals surface area (Å²) in [6.07, 6.45) is 11.9. The van der Waals surface area contributed by atoms with Gasteiger partial charge in [0.1, 0.15) is 5.82 Å². The second-order valence-electron chi connectivity index (χ2n) is 9.03. The normalized spacial score (nSPS) is 32.6. The zero-order chi connectivity index (χ0) is 20.7. The Morgan fingerprint density at radius 1 is 1.07 bits per heavy atom. The summed E-state index contributed by atoms with van der Waals surface area (Å²) < 4.78 is 40.9. The molecule has 1 unspecified atom stereocenters. The molecule has 1 N–H and O–H groups in total. The molecule has 2 heterocycles. The van der Waals surface area contributed by atoms with Crippen molar-refractivity contribution in [1.82, 2.24) is 9.71 Å². The van der Waals surface area contributed by atoms with E-state index in [1.807, 2.05) is 24.3 Å². The van der Waals surface area contributed by atoms with Crippen molar-refractivity contribution in [3.8, 4) is 11.1 Å². The Kier molecular flexibility index (Phi) is 5.23. The molecule has 0 spiro atoms. The number of benzene rings is 1. The lowest BCUT2D eigenvalue weighted by Gasteiger charge is -2.45. The number of allylic oxidation sites excluding steroid dienone is 1. The van der Waals surface area contributed by atoms with Crippen LogP contribution in [0.15, 0.2) is 48.7 Å². The third-order valence-corrected chi connectivity index (χ3v) is 8.69. The van der Waals surface area contributed by atoms with E-state index in [9.17, 15) is 12.8 Å². The van der Waals surface area contributed by atoms with Gasteiger partial charge < -0.3 is 0 Å². The maximum absolute atomic E-state index is 13.5. The first-order valence-corrected chi connectivity index (χ1v) is 12.5. The highest BCUT2D eigenvalue weighted by atomic mass is 32.2. The van der Waals surface area contributed by atoms with Crippen molar-refractivity contribution in [3.63, 3.8) is 0 Å². The molecule has 0 bridgehead atoms. The maximum atomic E-state index is 13.5. The first-order valence-electron chi connectivity index (χ1n) is 10.9. The van der Waals surface area contributed by atoms with Crippen LogP contribution in [0.3, 0.4) is 0 Å². The number of hydrogen-bond acceptors (Lipinski definition) is 3. The minimum atomic E-state index is -3.16. The Morgan fingerprint density at radius 2 is 1.93 bits per heavy atom. The SMILES string of the molecule is O=S1(=O)C[C@@H]2[C@@H](C[C@@H]3CCCCC3[C@@H]2/C=C/c2ccc(-c3cccc(F)c3)cn2)N1. The monoisotopic (exact) mass is 426 g/mol. The highest BCUT2D eigenvalue weighted by Gasteiger charge is 2.49. The lowest BCUT2D eigenvalue weighted by molar-refractivity contribution is 0.0769. The molecule has 1 aromatic carbocycles. The summed E-state index contributed by atoms with van der Waals surface area (Å²) in [6, 6.07) is 10.5. The van der Waals surface area contributed by atoms with Crippen molar-refractivity contribution in [3.05, 3.63) is 60.2 Å². The number of nitrogens with one attached hydrogen (secondary N) is 1. The summed E-state index contributed by atoms with van der Waals surface area (Å²) in [6.45, 7) is 0. The molecule has 1 aromatic heterocycles. The van der Waals surface area contributed by atoms with Crippen molar-refractivity contribution < 1.29 is 12.8 Å². The zero-order valence-electron chi connectivity index (χ0n) is 16.9. The van der Waals surface area contributed by atoms with E-state index < -0.39 is 10.0 Å². The first kappa shape index (κ1) is 19.9. The van der Waals surface area contributed by atoms with Crippen LogP contribution in [0.25, 0.3) is 17.2 Å². The highest BCUT2D eigenvalue weighted by Crippen LogP contribution is 2.49. The fourth-order valence-electron chi connectivity index (χ4n) is 5.86. The molecule has 3 fully saturated rings. The van der Waals surface area contributed by atoms with Crippen LogP contribution in [0, 0.1) is 29.5 Å². The number of fused-ring (bicyclic) bond motifs is 2. The fraction of sp³-hybridized carbons (Fsp3) is 0.458. The lowest BCUT2D eigenvalue weighted by Crippen LogP contribution is -2.45. The third kappa shape index (κ3) is 3.95. The van der Waals surface area contributed by atoms with E-state index in [4.69, 9.17) is 0 Å². The average Bonchev–Trinajstić information content (AvgIpc) is 3.05. The van der Waals surface area contributed by atoms with E-state index >= 15 is 0 Å². The van der Waals surface area contributed by atoms with E-state index in [1.165, 1.54) is 37.8 Å². The Balaban J connectivity index is 1.38. The summed E-state index contributed by atoms with van der Waals surface area (Å²) in [5.74, 6) is 1.57. The Bertz CT molecular complexity index is 1050. The van der Waals surface area contributed by atoms with Crippen LogP contribution >= 0.6 is 0 Å². The molecular formula is C24H27FN2O2S. The molecule has 2 aliphatic carbocycles. The van der Waals surface area contributed by atoms with Gasteiger partial charge in [-0.25, -0.2) is 17.5 Å². The number of halogens is 1. The minimum absolute atomic E-state index is 0.0762. The quantitative estimate of drug-likeness (QED) is 0.778. The van der Waals surface area contributed by atoms with Gasteiger partial charge in [-0.1, -0.05) is 43.5 Å². The van der Waals surface area contributed by atoms with Gasteiger partial charge in [-0.3, -0.25) is 4.98 Å². The summed E-state index contributed by atoms with van der Waals surface area (Å²) >= 11 is 0. The third-order valence-electron chi connectivity index (χ3n) is 7.21. The Labute approximate surface area is 177 Å². The van der Waals surface area contributed by atoms with Gasteiger partial charge in [0, 0.05) is 17.8 Å². The molecule has 0 radical (unpaired) electrons. The second kappa shape index (κ2) is 7.89. The van der Waals surface area contributed by atoms with Gasteiger partial charge in [0.2, 0.25) is 10.0 Å². The fourth-order valence-corrected chi connectivity index (χ4v) is 7.64. The molecule has 3 aliphatic rings. The topological polar surface area (TPSA) is 59.1 Å². The smallest absolute Gasteiger partial charge is 0.212 e. The second-order valence-corrected chi connectivity index (χ2v) is 10.8. The van der Waals surface area contributed by atoms with Gasteiger partial charge in [0.15, 0.2) is 0 Å². The maximum Gasteiger partial charge on any atom is 0.212 e. The molecule has 1 saturated heterocycles. The van der Waals surface area contributed by atoms with E-state index in [0.717, 1.165) is 23.2 Å². The first-order chi connectivity index (χ1) is 14.5. The van der Waals surface area contributed by atoms with Crippen molar-refractivity contribution in [2.24, 2.45) is 23.7 Å². The molecule has 6 heteroatoms. The van der Waals surface area contributed by atoms with E-state index in [0.29, 0.717) is 11.8 Å². The molecule has 4 nitrogen and oxygen atoms in total. The molecule has 5 atom stereocenters. The molecule has 5 rings (SSSR count). The predicted octanol–water partition coefficient (Wildman–Crippen LogP) is 4.65. The number of hydrogen-bond donors (Lipinski definition) is 1. The van der Waals surface area contributed by atoms with Crippen LogP contribution < -0.4 is 4.72 Å². The summed E-state index contributed by atoms with van der Waals surface area (Å²) in [5.41, 5.74) is 2.53. The molecule has 1 aliphatic heterocycles. The van der Waals surface area contributed by atoms with E-state index in [1.54, 1.807) is 12.3 Å². The summed E-state index contributed by atoms with van der Waals surface area (Å²) in [4.78, 5) is 4.54. The minimum Gasteiger partial charge on any atom is -0.256 e. The van der Waals surface area contributed by atoms with Gasteiger partial charge in [-0.2, -0.15) is 0 Å². The van der Waals surface area contributed by atoms with Crippen molar-refractivity contribution in [2.45, 2.75) is 38.1 Å². The lowest BCUT2D eigenvalue weighted by atomic mass is 9.60. The van der Waals surface area contributed by atoms with Crippen LogP contribution in [-0.4, -0.2) is 25.2 Å².